The maximum Gasteiger partial charge on any atom is 0.231 e. The second-order valence-corrected chi connectivity index (χ2v) is 9.28. The van der Waals surface area contributed by atoms with Crippen LogP contribution >= 0.6 is 0 Å². The molecule has 0 spiro atoms. The summed E-state index contributed by atoms with van der Waals surface area (Å²) in [6.07, 6.45) is 1.49. The number of imidazole rings is 1. The third-order valence-corrected chi connectivity index (χ3v) is 6.92. The maximum atomic E-state index is 13.8. The third kappa shape index (κ3) is 4.46. The van der Waals surface area contributed by atoms with Crippen LogP contribution in [0.25, 0.3) is 11.0 Å². The van der Waals surface area contributed by atoms with Crippen molar-refractivity contribution in [1.82, 2.24) is 14.9 Å². The number of fused-ring (bicyclic) bond motifs is 2. The fourth-order valence-electron chi connectivity index (χ4n) is 5.00. The van der Waals surface area contributed by atoms with Gasteiger partial charge in [0.2, 0.25) is 18.6 Å². The number of carbonyl (C=O) groups is 1. The molecule has 0 saturated carbocycles. The summed E-state index contributed by atoms with van der Waals surface area (Å²) in [5.41, 5.74) is 3.79. The van der Waals surface area contributed by atoms with Crippen LogP contribution in [0.15, 0.2) is 66.7 Å². The van der Waals surface area contributed by atoms with Crippen molar-refractivity contribution in [3.63, 3.8) is 0 Å². The first-order valence-electron chi connectivity index (χ1n) is 12.2. The van der Waals surface area contributed by atoms with Crippen LogP contribution in [0.1, 0.15) is 24.0 Å². The first-order valence-corrected chi connectivity index (χ1v) is 12.2. The highest BCUT2D eigenvalue weighted by molar-refractivity contribution is 5.80. The predicted octanol–water partition coefficient (Wildman–Crippen LogP) is 4.49. The molecular weight excluding hydrogens is 459 g/mol. The van der Waals surface area contributed by atoms with Crippen LogP contribution in [0.5, 0.6) is 11.5 Å². The van der Waals surface area contributed by atoms with Gasteiger partial charge in [0, 0.05) is 25.6 Å². The van der Waals surface area contributed by atoms with E-state index in [-0.39, 0.29) is 24.4 Å². The van der Waals surface area contributed by atoms with Crippen LogP contribution in [0, 0.1) is 11.7 Å². The van der Waals surface area contributed by atoms with Crippen molar-refractivity contribution in [3.8, 4) is 11.5 Å². The molecule has 36 heavy (non-hydrogen) atoms. The number of rotatable bonds is 6. The Morgan fingerprint density at radius 2 is 1.81 bits per heavy atom. The molecule has 184 valence electrons. The molecule has 0 atom stereocenters. The highest BCUT2D eigenvalue weighted by Gasteiger charge is 2.28. The largest absolute Gasteiger partial charge is 0.454 e. The molecule has 1 amide bonds. The van der Waals surface area contributed by atoms with E-state index in [1.54, 1.807) is 12.1 Å². The van der Waals surface area contributed by atoms with Gasteiger partial charge in [0.1, 0.15) is 5.82 Å². The second-order valence-electron chi connectivity index (χ2n) is 9.28. The Kier molecular flexibility index (Phi) is 5.93. The zero-order valence-electron chi connectivity index (χ0n) is 19.8. The number of piperidine rings is 1. The predicted molar refractivity (Wildman–Crippen MR) is 135 cm³/mol. The van der Waals surface area contributed by atoms with Gasteiger partial charge in [-0.25, -0.2) is 9.37 Å². The first kappa shape index (κ1) is 22.4. The summed E-state index contributed by atoms with van der Waals surface area (Å²) in [7, 11) is 0. The van der Waals surface area contributed by atoms with Crippen molar-refractivity contribution in [2.45, 2.75) is 25.9 Å². The topological polar surface area (TPSA) is 68.6 Å². The van der Waals surface area contributed by atoms with Gasteiger partial charge < -0.3 is 24.3 Å². The summed E-state index contributed by atoms with van der Waals surface area (Å²) in [6.45, 7) is 2.69. The highest BCUT2D eigenvalue weighted by Crippen LogP contribution is 2.32. The normalized spacial score (nSPS) is 15.4. The van der Waals surface area contributed by atoms with Crippen molar-refractivity contribution >= 4 is 22.9 Å². The van der Waals surface area contributed by atoms with E-state index in [0.717, 1.165) is 65.5 Å². The molecule has 6 rings (SSSR count). The Hall–Kier alpha value is -4.07. The molecule has 3 aromatic carbocycles. The number of halogens is 1. The van der Waals surface area contributed by atoms with Gasteiger partial charge in [-0.3, -0.25) is 4.79 Å². The standard InChI is InChI=1S/C28H27FN4O3/c29-22-5-3-4-20(14-22)17-33-24-7-2-1-6-23(24)31-28(33)32-12-10-21(11-13-32)27(34)30-16-19-8-9-25-26(15-19)36-18-35-25/h1-9,14-15,21H,10-13,16-18H2,(H,30,34). The van der Waals surface area contributed by atoms with E-state index >= 15 is 0 Å². The highest BCUT2D eigenvalue weighted by atomic mass is 19.1. The Morgan fingerprint density at radius 3 is 2.67 bits per heavy atom. The lowest BCUT2D eigenvalue weighted by Crippen LogP contribution is -2.41. The van der Waals surface area contributed by atoms with Gasteiger partial charge in [-0.1, -0.05) is 30.3 Å². The zero-order valence-corrected chi connectivity index (χ0v) is 19.8. The number of ether oxygens (including phenoxy) is 2. The van der Waals surface area contributed by atoms with E-state index in [2.05, 4.69) is 14.8 Å². The van der Waals surface area contributed by atoms with Crippen molar-refractivity contribution in [3.05, 3.63) is 83.7 Å². The molecule has 0 unspecified atom stereocenters. The Bertz CT molecular complexity index is 1410. The molecule has 0 radical (unpaired) electrons. The summed E-state index contributed by atoms with van der Waals surface area (Å²) in [6, 6.07) is 20.4. The number of carbonyl (C=O) groups excluding carboxylic acids is 1. The minimum absolute atomic E-state index is 0.0451. The molecule has 8 heteroatoms. The van der Waals surface area contributed by atoms with Crippen LogP contribution < -0.4 is 19.7 Å². The van der Waals surface area contributed by atoms with E-state index in [1.807, 2.05) is 48.5 Å². The fourth-order valence-corrected chi connectivity index (χ4v) is 5.00. The molecule has 4 aromatic rings. The minimum Gasteiger partial charge on any atom is -0.454 e. The maximum absolute atomic E-state index is 13.8. The molecule has 3 heterocycles. The molecule has 0 bridgehead atoms. The molecule has 1 aromatic heterocycles. The summed E-state index contributed by atoms with van der Waals surface area (Å²) >= 11 is 0. The number of amides is 1. The number of nitrogens with zero attached hydrogens (tertiary/aromatic N) is 3. The number of hydrogen-bond donors (Lipinski definition) is 1. The molecule has 2 aliphatic rings. The summed E-state index contributed by atoms with van der Waals surface area (Å²) in [5, 5.41) is 3.08. The molecule has 0 aliphatic carbocycles. The number of aromatic nitrogens is 2. The Morgan fingerprint density at radius 1 is 0.972 bits per heavy atom. The van der Waals surface area contributed by atoms with Gasteiger partial charge >= 0.3 is 0 Å². The van der Waals surface area contributed by atoms with Crippen LogP contribution in [0.2, 0.25) is 0 Å². The third-order valence-electron chi connectivity index (χ3n) is 6.92. The van der Waals surface area contributed by atoms with Crippen molar-refractivity contribution in [2.75, 3.05) is 24.8 Å². The smallest absolute Gasteiger partial charge is 0.231 e. The van der Waals surface area contributed by atoms with Crippen molar-refractivity contribution in [2.24, 2.45) is 5.92 Å². The fraction of sp³-hybridized carbons (Fsp3) is 0.286. The minimum atomic E-state index is -0.244. The average molecular weight is 487 g/mol. The molecule has 1 fully saturated rings. The van der Waals surface area contributed by atoms with Crippen molar-refractivity contribution in [1.29, 1.82) is 0 Å². The lowest BCUT2D eigenvalue weighted by atomic mass is 9.96. The summed E-state index contributed by atoms with van der Waals surface area (Å²) in [5.74, 6) is 2.10. The van der Waals surface area contributed by atoms with Crippen molar-refractivity contribution < 1.29 is 18.7 Å². The quantitative estimate of drug-likeness (QED) is 0.435. The number of nitrogens with one attached hydrogen (secondary N) is 1. The molecular formula is C28H27FN4O3. The summed E-state index contributed by atoms with van der Waals surface area (Å²) < 4.78 is 26.7. The molecule has 2 aliphatic heterocycles. The van der Waals surface area contributed by atoms with Gasteiger partial charge in [-0.05, 0) is 60.4 Å². The Labute approximate surface area is 208 Å². The number of hydrogen-bond acceptors (Lipinski definition) is 5. The average Bonchev–Trinajstić information content (AvgIpc) is 3.52. The van der Waals surface area contributed by atoms with Crippen LogP contribution in [0.4, 0.5) is 10.3 Å². The summed E-state index contributed by atoms with van der Waals surface area (Å²) in [4.78, 5) is 20.0. The second kappa shape index (κ2) is 9.53. The molecule has 1 N–H and O–H groups in total. The van der Waals surface area contributed by atoms with E-state index < -0.39 is 0 Å². The lowest BCUT2D eigenvalue weighted by Gasteiger charge is -2.32. The number of anilines is 1. The Balaban J connectivity index is 1.13. The number of benzene rings is 3. The molecule has 1 saturated heterocycles. The van der Waals surface area contributed by atoms with E-state index in [9.17, 15) is 9.18 Å². The van der Waals surface area contributed by atoms with E-state index in [0.29, 0.717) is 13.1 Å². The lowest BCUT2D eigenvalue weighted by molar-refractivity contribution is -0.125. The van der Waals surface area contributed by atoms with E-state index in [4.69, 9.17) is 14.5 Å². The zero-order chi connectivity index (χ0) is 24.5. The monoisotopic (exact) mass is 486 g/mol. The van der Waals surface area contributed by atoms with Gasteiger partial charge in [-0.2, -0.15) is 0 Å². The van der Waals surface area contributed by atoms with E-state index in [1.165, 1.54) is 6.07 Å². The van der Waals surface area contributed by atoms with Gasteiger partial charge in [-0.15, -0.1) is 0 Å². The van der Waals surface area contributed by atoms with Crippen LogP contribution in [0.3, 0.4) is 0 Å². The van der Waals surface area contributed by atoms with Gasteiger partial charge in [0.15, 0.2) is 11.5 Å². The van der Waals surface area contributed by atoms with Gasteiger partial charge in [0.25, 0.3) is 0 Å². The van der Waals surface area contributed by atoms with Crippen LogP contribution in [-0.4, -0.2) is 35.3 Å². The van der Waals surface area contributed by atoms with Crippen LogP contribution in [-0.2, 0) is 17.9 Å². The number of para-hydroxylation sites is 2. The SMILES string of the molecule is O=C(NCc1ccc2c(c1)OCO2)C1CCN(c2nc3ccccc3n2Cc2cccc(F)c2)CC1. The molecule has 7 nitrogen and oxygen atoms in total. The first-order chi connectivity index (χ1) is 17.6. The van der Waals surface area contributed by atoms with Gasteiger partial charge in [0.05, 0.1) is 17.6 Å².